The lowest BCUT2D eigenvalue weighted by molar-refractivity contribution is -0.142. The number of nitrogens with zero attached hydrogens (tertiary/aromatic N) is 4. The maximum absolute atomic E-state index is 13.3. The standard InChI is InChI=1S/C15H15F5N4O2S/c1-14(16,17)4-8-3-11(25)23(5-8)6-9-12(15(18,19)20)21-13-24(9)22-10(27-13)7-26-2/h3H,4-7H2,1-2H3. The Kier molecular flexibility index (Phi) is 4.97. The Morgan fingerprint density at radius 2 is 2.00 bits per heavy atom. The van der Waals surface area contributed by atoms with E-state index in [1.54, 1.807) is 0 Å². The number of amides is 1. The number of ether oxygens (including phenoxy) is 1. The molecule has 0 aromatic carbocycles. The molecule has 0 N–H and O–H groups in total. The van der Waals surface area contributed by atoms with Crippen LogP contribution in [0.3, 0.4) is 0 Å². The first-order valence-corrected chi connectivity index (χ1v) is 8.59. The molecule has 12 heteroatoms. The zero-order valence-corrected chi connectivity index (χ0v) is 15.1. The fraction of sp³-hybridized carbons (Fsp3) is 0.533. The molecule has 0 spiro atoms. The molecule has 1 amide bonds. The number of methoxy groups -OCH3 is 1. The van der Waals surface area contributed by atoms with E-state index in [9.17, 15) is 26.7 Å². The highest BCUT2D eigenvalue weighted by Crippen LogP contribution is 2.35. The maximum Gasteiger partial charge on any atom is 0.435 e. The maximum atomic E-state index is 13.3. The van der Waals surface area contributed by atoms with E-state index < -0.39 is 36.7 Å². The molecule has 0 atom stereocenters. The summed E-state index contributed by atoms with van der Waals surface area (Å²) in [6.07, 6.45) is -4.32. The fourth-order valence-electron chi connectivity index (χ4n) is 2.84. The van der Waals surface area contributed by atoms with Crippen molar-refractivity contribution in [3.8, 4) is 0 Å². The van der Waals surface area contributed by atoms with Gasteiger partial charge >= 0.3 is 6.18 Å². The van der Waals surface area contributed by atoms with Crippen LogP contribution in [0.25, 0.3) is 4.96 Å². The van der Waals surface area contributed by atoms with Gasteiger partial charge in [0.1, 0.15) is 5.01 Å². The molecule has 27 heavy (non-hydrogen) atoms. The third-order valence-electron chi connectivity index (χ3n) is 3.79. The number of alkyl halides is 5. The van der Waals surface area contributed by atoms with Crippen LogP contribution in [-0.4, -0.2) is 45.0 Å². The number of carbonyl (C=O) groups excluding carboxylic acids is 1. The van der Waals surface area contributed by atoms with E-state index in [2.05, 4.69) is 10.1 Å². The molecular formula is C15H15F5N4O2S. The first-order valence-electron chi connectivity index (χ1n) is 7.77. The van der Waals surface area contributed by atoms with Crippen LogP contribution in [-0.2, 0) is 28.9 Å². The number of rotatable bonds is 6. The molecule has 3 rings (SSSR count). The van der Waals surface area contributed by atoms with E-state index in [4.69, 9.17) is 4.74 Å². The van der Waals surface area contributed by atoms with E-state index in [1.807, 2.05) is 0 Å². The number of fused-ring (bicyclic) bond motifs is 1. The van der Waals surface area contributed by atoms with E-state index in [-0.39, 0.29) is 29.4 Å². The summed E-state index contributed by atoms with van der Waals surface area (Å²) in [5.74, 6) is -3.63. The van der Waals surface area contributed by atoms with Crippen LogP contribution >= 0.6 is 11.3 Å². The molecule has 0 saturated carbocycles. The van der Waals surface area contributed by atoms with E-state index >= 15 is 0 Å². The third kappa shape index (κ3) is 4.26. The number of halogens is 5. The van der Waals surface area contributed by atoms with Gasteiger partial charge in [0.25, 0.3) is 0 Å². The van der Waals surface area contributed by atoms with Crippen LogP contribution in [0, 0.1) is 0 Å². The summed E-state index contributed by atoms with van der Waals surface area (Å²) in [6.45, 7) is 0.215. The molecule has 0 unspecified atom stereocenters. The Morgan fingerprint density at radius 3 is 2.59 bits per heavy atom. The van der Waals surface area contributed by atoms with Crippen LogP contribution in [0.2, 0.25) is 0 Å². The van der Waals surface area contributed by atoms with Crippen molar-refractivity contribution >= 4 is 22.2 Å². The summed E-state index contributed by atoms with van der Waals surface area (Å²) < 4.78 is 72.3. The molecule has 0 aliphatic carbocycles. The Balaban J connectivity index is 1.90. The summed E-state index contributed by atoms with van der Waals surface area (Å²) in [7, 11) is 1.42. The van der Waals surface area contributed by atoms with Crippen LogP contribution in [0.1, 0.15) is 29.7 Å². The van der Waals surface area contributed by atoms with Gasteiger partial charge in [-0.3, -0.25) is 4.79 Å². The van der Waals surface area contributed by atoms with Gasteiger partial charge in [-0.2, -0.15) is 18.3 Å². The highest BCUT2D eigenvalue weighted by atomic mass is 32.1. The van der Waals surface area contributed by atoms with Gasteiger partial charge in [0.05, 0.1) is 18.8 Å². The molecule has 2 aromatic rings. The second-order valence-electron chi connectivity index (χ2n) is 6.27. The first kappa shape index (κ1) is 19.7. The highest BCUT2D eigenvalue weighted by molar-refractivity contribution is 7.16. The van der Waals surface area contributed by atoms with Gasteiger partial charge in [-0.1, -0.05) is 11.3 Å². The average Bonchev–Trinajstić information content (AvgIpc) is 3.12. The topological polar surface area (TPSA) is 59.7 Å². The van der Waals surface area contributed by atoms with Gasteiger partial charge in [-0.25, -0.2) is 18.3 Å². The van der Waals surface area contributed by atoms with Crippen LogP contribution < -0.4 is 0 Å². The smallest absolute Gasteiger partial charge is 0.377 e. The van der Waals surface area contributed by atoms with Gasteiger partial charge in [-0.05, 0) is 12.5 Å². The number of aromatic nitrogens is 3. The first-order chi connectivity index (χ1) is 12.5. The van der Waals surface area contributed by atoms with Gasteiger partial charge in [-0.15, -0.1) is 0 Å². The lowest BCUT2D eigenvalue weighted by Crippen LogP contribution is -2.28. The minimum atomic E-state index is -4.74. The van der Waals surface area contributed by atoms with Crippen molar-refractivity contribution in [3.05, 3.63) is 28.0 Å². The number of imidazole rings is 1. The van der Waals surface area contributed by atoms with E-state index in [0.717, 1.165) is 33.8 Å². The molecule has 6 nitrogen and oxygen atoms in total. The van der Waals surface area contributed by atoms with Gasteiger partial charge in [0.15, 0.2) is 5.69 Å². The number of hydrogen-bond acceptors (Lipinski definition) is 5. The van der Waals surface area contributed by atoms with Crippen molar-refractivity contribution in [3.63, 3.8) is 0 Å². The molecule has 1 aliphatic heterocycles. The minimum absolute atomic E-state index is 0.0179. The van der Waals surface area contributed by atoms with Gasteiger partial charge < -0.3 is 9.64 Å². The van der Waals surface area contributed by atoms with E-state index in [0.29, 0.717) is 5.01 Å². The van der Waals surface area contributed by atoms with Gasteiger partial charge in [0, 0.05) is 26.2 Å². The van der Waals surface area contributed by atoms with Crippen molar-refractivity contribution in [1.82, 2.24) is 19.5 Å². The van der Waals surface area contributed by atoms with Crippen molar-refractivity contribution in [2.45, 2.75) is 38.6 Å². The molecule has 1 aliphatic rings. The van der Waals surface area contributed by atoms with E-state index in [1.165, 1.54) is 7.11 Å². The summed E-state index contributed by atoms with van der Waals surface area (Å²) in [5, 5.41) is 4.48. The second-order valence-corrected chi connectivity index (χ2v) is 7.31. The lowest BCUT2D eigenvalue weighted by Gasteiger charge is -2.18. The zero-order valence-electron chi connectivity index (χ0n) is 14.3. The summed E-state index contributed by atoms with van der Waals surface area (Å²) >= 11 is 0.940. The quantitative estimate of drug-likeness (QED) is 0.686. The molecule has 148 valence electrons. The molecule has 0 fully saturated rings. The summed E-state index contributed by atoms with van der Waals surface area (Å²) in [6, 6.07) is 0. The predicted molar refractivity (Wildman–Crippen MR) is 85.3 cm³/mol. The average molecular weight is 410 g/mol. The number of carbonyl (C=O) groups is 1. The molecule has 0 bridgehead atoms. The minimum Gasteiger partial charge on any atom is -0.377 e. The lowest BCUT2D eigenvalue weighted by atomic mass is 10.1. The van der Waals surface area contributed by atoms with Crippen molar-refractivity contribution in [2.24, 2.45) is 0 Å². The molecule has 3 heterocycles. The summed E-state index contributed by atoms with van der Waals surface area (Å²) in [5.41, 5.74) is -1.30. The van der Waals surface area contributed by atoms with Gasteiger partial charge in [0.2, 0.25) is 16.8 Å². The zero-order chi connectivity index (χ0) is 20.0. The summed E-state index contributed by atoms with van der Waals surface area (Å²) in [4.78, 5) is 16.7. The fourth-order valence-corrected chi connectivity index (χ4v) is 3.72. The van der Waals surface area contributed by atoms with Crippen molar-refractivity contribution < 1.29 is 31.5 Å². The Hall–Kier alpha value is -2.08. The highest BCUT2D eigenvalue weighted by Gasteiger charge is 2.40. The predicted octanol–water partition coefficient (Wildman–Crippen LogP) is 3.27. The molecule has 0 saturated heterocycles. The normalized spacial score (nSPS) is 15.9. The Bertz CT molecular complexity index is 897. The number of hydrogen-bond donors (Lipinski definition) is 0. The Morgan fingerprint density at radius 1 is 1.30 bits per heavy atom. The van der Waals surface area contributed by atoms with Crippen LogP contribution in [0.5, 0.6) is 0 Å². The molecule has 2 aromatic heterocycles. The van der Waals surface area contributed by atoms with Crippen molar-refractivity contribution in [1.29, 1.82) is 0 Å². The third-order valence-corrected chi connectivity index (χ3v) is 4.67. The largest absolute Gasteiger partial charge is 0.435 e. The van der Waals surface area contributed by atoms with Crippen molar-refractivity contribution in [2.75, 3.05) is 13.7 Å². The monoisotopic (exact) mass is 410 g/mol. The SMILES string of the molecule is COCc1nn2c(CN3CC(CC(C)(F)F)=CC3=O)c(C(F)(F)F)nc2s1. The molecule has 0 radical (unpaired) electrons. The van der Waals surface area contributed by atoms with Crippen LogP contribution in [0.15, 0.2) is 11.6 Å². The second kappa shape index (κ2) is 6.82. The van der Waals surface area contributed by atoms with Crippen LogP contribution in [0.4, 0.5) is 22.0 Å². The Labute approximate surface area is 154 Å². The molecular weight excluding hydrogens is 395 g/mol.